The minimum Gasteiger partial charge on any atom is -0.427 e. The summed E-state index contributed by atoms with van der Waals surface area (Å²) in [6, 6.07) is 11.5. The molecule has 0 aromatic heterocycles. The number of nitrogens with one attached hydrogen (secondary N) is 1. The molecular weight excluding hydrogens is 355 g/mol. The van der Waals surface area contributed by atoms with Crippen molar-refractivity contribution in [2.45, 2.75) is 13.0 Å². The smallest absolute Gasteiger partial charge is 0.308 e. The molecule has 2 heterocycles. The predicted molar refractivity (Wildman–Crippen MR) is 91.6 cm³/mol. The number of imide groups is 1. The van der Waals surface area contributed by atoms with E-state index in [-0.39, 0.29) is 5.57 Å². The van der Waals surface area contributed by atoms with E-state index in [1.165, 1.54) is 55.5 Å². The Labute approximate surface area is 152 Å². The van der Waals surface area contributed by atoms with Gasteiger partial charge in [0.25, 0.3) is 11.8 Å². The molecule has 1 N–H and O–H groups in total. The van der Waals surface area contributed by atoms with Gasteiger partial charge in [0.1, 0.15) is 11.6 Å². The van der Waals surface area contributed by atoms with E-state index in [4.69, 9.17) is 9.57 Å². The van der Waals surface area contributed by atoms with Gasteiger partial charge in [0.2, 0.25) is 0 Å². The summed E-state index contributed by atoms with van der Waals surface area (Å²) in [5.74, 6) is -1.66. The molecule has 0 radical (unpaired) electrons. The zero-order valence-electron chi connectivity index (χ0n) is 14.1. The maximum Gasteiger partial charge on any atom is 0.308 e. The molecule has 2 aliphatic heterocycles. The average Bonchev–Trinajstić information content (AvgIpc) is 3.17. The number of carbonyl (C=O) groups excluding carboxylic acids is 3. The zero-order valence-corrected chi connectivity index (χ0v) is 14.1. The second-order valence-electron chi connectivity index (χ2n) is 5.96. The molecule has 2 amide bonds. The number of esters is 1. The van der Waals surface area contributed by atoms with Gasteiger partial charge in [-0.05, 0) is 48.5 Å². The van der Waals surface area contributed by atoms with Gasteiger partial charge in [-0.3, -0.25) is 24.7 Å². The molecule has 0 aliphatic carbocycles. The Morgan fingerprint density at radius 2 is 1.78 bits per heavy atom. The van der Waals surface area contributed by atoms with Crippen LogP contribution in [0.2, 0.25) is 0 Å². The standard InChI is InChI=1S/C19H13FN2O5/c1-10(23)26-14-8-6-13(7-9-14)22-18(24)15-16(21-27-17(15)19(22)25)11-2-4-12(20)5-3-11/h2-9,17,21H,1H3/t17-/m0/s1. The Balaban J connectivity index is 1.68. The van der Waals surface area contributed by atoms with Crippen molar-refractivity contribution in [3.05, 3.63) is 65.5 Å². The van der Waals surface area contributed by atoms with Crippen molar-refractivity contribution in [1.29, 1.82) is 0 Å². The van der Waals surface area contributed by atoms with E-state index in [1.54, 1.807) is 0 Å². The minimum absolute atomic E-state index is 0.163. The fourth-order valence-corrected chi connectivity index (χ4v) is 3.00. The maximum atomic E-state index is 13.1. The fraction of sp³-hybridized carbons (Fsp3) is 0.105. The molecular formula is C19H13FN2O5. The minimum atomic E-state index is -1.08. The summed E-state index contributed by atoms with van der Waals surface area (Å²) < 4.78 is 18.1. The van der Waals surface area contributed by atoms with Crippen LogP contribution in [-0.4, -0.2) is 23.9 Å². The number of hydrogen-bond acceptors (Lipinski definition) is 6. The zero-order chi connectivity index (χ0) is 19.1. The SMILES string of the molecule is CC(=O)Oc1ccc(N2C(=O)C3=C(c4ccc(F)cc4)NO[C@@H]3C2=O)cc1. The third kappa shape index (κ3) is 2.85. The number of halogens is 1. The molecule has 2 aromatic carbocycles. The summed E-state index contributed by atoms with van der Waals surface area (Å²) in [5.41, 5.74) is 3.94. The molecule has 0 bridgehead atoms. The van der Waals surface area contributed by atoms with Gasteiger partial charge in [0.05, 0.1) is 17.0 Å². The topological polar surface area (TPSA) is 84.9 Å². The van der Waals surface area contributed by atoms with Crippen molar-refractivity contribution in [3.63, 3.8) is 0 Å². The Hall–Kier alpha value is -3.52. The second kappa shape index (κ2) is 6.33. The first kappa shape index (κ1) is 16.9. The van der Waals surface area contributed by atoms with E-state index in [0.717, 1.165) is 4.90 Å². The van der Waals surface area contributed by atoms with Crippen molar-refractivity contribution >= 4 is 29.2 Å². The highest BCUT2D eigenvalue weighted by Crippen LogP contribution is 2.36. The molecule has 2 aliphatic rings. The van der Waals surface area contributed by atoms with Crippen molar-refractivity contribution in [2.24, 2.45) is 0 Å². The third-order valence-electron chi connectivity index (χ3n) is 4.18. The molecule has 136 valence electrons. The summed E-state index contributed by atoms with van der Waals surface area (Å²) in [7, 11) is 0. The summed E-state index contributed by atoms with van der Waals surface area (Å²) in [6.07, 6.45) is -1.08. The van der Waals surface area contributed by atoms with Gasteiger partial charge < -0.3 is 4.74 Å². The highest BCUT2D eigenvalue weighted by atomic mass is 19.1. The van der Waals surface area contributed by atoms with Gasteiger partial charge >= 0.3 is 5.97 Å². The first-order valence-corrected chi connectivity index (χ1v) is 8.04. The van der Waals surface area contributed by atoms with Crippen LogP contribution in [0.1, 0.15) is 12.5 Å². The van der Waals surface area contributed by atoms with Gasteiger partial charge in [0.15, 0.2) is 6.10 Å². The molecule has 8 heteroatoms. The maximum absolute atomic E-state index is 13.1. The summed E-state index contributed by atoms with van der Waals surface area (Å²) in [6.45, 7) is 1.27. The predicted octanol–water partition coefficient (Wildman–Crippen LogP) is 1.94. The lowest BCUT2D eigenvalue weighted by atomic mass is 10.0. The third-order valence-corrected chi connectivity index (χ3v) is 4.18. The molecule has 1 atom stereocenters. The van der Waals surface area contributed by atoms with E-state index >= 15 is 0 Å². The van der Waals surface area contributed by atoms with Crippen LogP contribution >= 0.6 is 0 Å². The number of amides is 2. The Kier molecular flexibility index (Phi) is 3.97. The summed E-state index contributed by atoms with van der Waals surface area (Å²) in [5, 5.41) is 0. The Morgan fingerprint density at radius 1 is 1.11 bits per heavy atom. The van der Waals surface area contributed by atoms with Crippen molar-refractivity contribution < 1.29 is 28.3 Å². The summed E-state index contributed by atoms with van der Waals surface area (Å²) in [4.78, 5) is 42.8. The Morgan fingerprint density at radius 3 is 2.41 bits per heavy atom. The number of anilines is 1. The van der Waals surface area contributed by atoms with Gasteiger partial charge in [-0.25, -0.2) is 9.29 Å². The molecule has 7 nitrogen and oxygen atoms in total. The normalized spacial score (nSPS) is 18.6. The fourth-order valence-electron chi connectivity index (χ4n) is 3.00. The van der Waals surface area contributed by atoms with Crippen molar-refractivity contribution in [2.75, 3.05) is 4.90 Å². The molecule has 0 spiro atoms. The van der Waals surface area contributed by atoms with E-state index in [9.17, 15) is 18.8 Å². The average molecular weight is 368 g/mol. The van der Waals surface area contributed by atoms with Gasteiger partial charge in [-0.1, -0.05) is 0 Å². The number of hydrogen-bond donors (Lipinski definition) is 1. The number of carbonyl (C=O) groups is 3. The van der Waals surface area contributed by atoms with Crippen LogP contribution in [-0.2, 0) is 19.2 Å². The van der Waals surface area contributed by atoms with Crippen LogP contribution in [0.5, 0.6) is 5.75 Å². The van der Waals surface area contributed by atoms with Gasteiger partial charge in [-0.15, -0.1) is 0 Å². The van der Waals surface area contributed by atoms with Crippen molar-refractivity contribution in [1.82, 2.24) is 5.48 Å². The number of rotatable bonds is 3. The highest BCUT2D eigenvalue weighted by molar-refractivity contribution is 6.33. The van der Waals surface area contributed by atoms with Crippen molar-refractivity contribution in [3.8, 4) is 5.75 Å². The van der Waals surface area contributed by atoms with Crippen LogP contribution < -0.4 is 15.1 Å². The molecule has 0 saturated carbocycles. The first-order chi connectivity index (χ1) is 13.0. The van der Waals surface area contributed by atoms with E-state index < -0.39 is 29.7 Å². The van der Waals surface area contributed by atoms with Crippen LogP contribution in [0, 0.1) is 5.82 Å². The number of hydroxylamine groups is 1. The van der Waals surface area contributed by atoms with Crippen LogP contribution in [0.4, 0.5) is 10.1 Å². The van der Waals surface area contributed by atoms with Gasteiger partial charge in [-0.2, -0.15) is 0 Å². The van der Waals surface area contributed by atoms with Crippen LogP contribution in [0.25, 0.3) is 5.70 Å². The van der Waals surface area contributed by atoms with E-state index in [2.05, 4.69) is 5.48 Å². The monoisotopic (exact) mass is 368 g/mol. The Bertz CT molecular complexity index is 982. The van der Waals surface area contributed by atoms with E-state index in [0.29, 0.717) is 22.7 Å². The first-order valence-electron chi connectivity index (χ1n) is 8.04. The quantitative estimate of drug-likeness (QED) is 0.506. The largest absolute Gasteiger partial charge is 0.427 e. The lowest BCUT2D eigenvalue weighted by Crippen LogP contribution is -2.34. The second-order valence-corrected chi connectivity index (χ2v) is 5.96. The van der Waals surface area contributed by atoms with E-state index in [1.807, 2.05) is 0 Å². The number of benzene rings is 2. The molecule has 27 heavy (non-hydrogen) atoms. The molecule has 1 saturated heterocycles. The number of nitrogens with zero attached hydrogens (tertiary/aromatic N) is 1. The number of ether oxygens (including phenoxy) is 1. The molecule has 2 aromatic rings. The lowest BCUT2D eigenvalue weighted by molar-refractivity contribution is -0.132. The molecule has 0 unspecified atom stereocenters. The van der Waals surface area contributed by atoms with Gasteiger partial charge in [0, 0.05) is 12.5 Å². The lowest BCUT2D eigenvalue weighted by Gasteiger charge is -2.16. The number of fused-ring (bicyclic) bond motifs is 1. The van der Waals surface area contributed by atoms with Crippen LogP contribution in [0.3, 0.4) is 0 Å². The van der Waals surface area contributed by atoms with Crippen LogP contribution in [0.15, 0.2) is 54.1 Å². The molecule has 4 rings (SSSR count). The summed E-state index contributed by atoms with van der Waals surface area (Å²) >= 11 is 0. The highest BCUT2D eigenvalue weighted by Gasteiger charge is 2.50. The molecule has 1 fully saturated rings.